The molecule has 0 bridgehead atoms. The predicted octanol–water partition coefficient (Wildman–Crippen LogP) is 1.81. The molecule has 100 valence electrons. The summed E-state index contributed by atoms with van der Waals surface area (Å²) in [5, 5.41) is 3.31. The van der Waals surface area contributed by atoms with Crippen molar-refractivity contribution in [2.24, 2.45) is 0 Å². The van der Waals surface area contributed by atoms with Crippen molar-refractivity contribution >= 4 is 5.82 Å². The van der Waals surface area contributed by atoms with Gasteiger partial charge in [-0.3, -0.25) is 0 Å². The molecule has 1 N–H and O–H groups in total. The number of hydrogen-bond acceptors (Lipinski definition) is 4. The maximum atomic E-state index is 5.41. The molecule has 0 spiro atoms. The molecule has 0 atom stereocenters. The lowest BCUT2D eigenvalue weighted by atomic mass is 10.1. The van der Waals surface area contributed by atoms with Gasteiger partial charge in [0.2, 0.25) is 0 Å². The van der Waals surface area contributed by atoms with Crippen molar-refractivity contribution in [1.29, 1.82) is 0 Å². The van der Waals surface area contributed by atoms with Crippen LogP contribution in [0.5, 0.6) is 0 Å². The van der Waals surface area contributed by atoms with Crippen molar-refractivity contribution in [3.8, 4) is 0 Å². The van der Waals surface area contributed by atoms with Crippen LogP contribution >= 0.6 is 0 Å². The number of anilines is 1. The Bertz CT molecular complexity index is 364. The van der Waals surface area contributed by atoms with Crippen molar-refractivity contribution in [2.45, 2.75) is 32.4 Å². The van der Waals surface area contributed by atoms with Crippen molar-refractivity contribution in [2.75, 3.05) is 31.7 Å². The highest BCUT2D eigenvalue weighted by Gasteiger charge is 2.19. The lowest BCUT2D eigenvalue weighted by Crippen LogP contribution is -2.37. The minimum atomic E-state index is 0.556. The van der Waals surface area contributed by atoms with E-state index in [2.05, 4.69) is 42.4 Å². The Hall–Kier alpha value is -1.13. The van der Waals surface area contributed by atoms with Gasteiger partial charge in [0.25, 0.3) is 0 Å². The molecule has 1 aromatic rings. The zero-order valence-electron chi connectivity index (χ0n) is 11.4. The van der Waals surface area contributed by atoms with Gasteiger partial charge in [0.15, 0.2) is 0 Å². The third-order valence-electron chi connectivity index (χ3n) is 3.45. The number of nitrogens with one attached hydrogen (secondary N) is 1. The SMILES string of the molecule is CCNCc1cccc(N(C)C2CCOCC2)n1. The molecule has 4 nitrogen and oxygen atoms in total. The van der Waals surface area contributed by atoms with Crippen LogP contribution in [-0.4, -0.2) is 37.8 Å². The molecule has 18 heavy (non-hydrogen) atoms. The second-order valence-electron chi connectivity index (χ2n) is 4.72. The molecule has 2 heterocycles. The Morgan fingerprint density at radius 2 is 2.17 bits per heavy atom. The third-order valence-corrected chi connectivity index (χ3v) is 3.45. The summed E-state index contributed by atoms with van der Waals surface area (Å²) in [7, 11) is 2.13. The van der Waals surface area contributed by atoms with Crippen molar-refractivity contribution in [1.82, 2.24) is 10.3 Å². The normalized spacial score (nSPS) is 16.8. The summed E-state index contributed by atoms with van der Waals surface area (Å²) in [5.74, 6) is 1.07. The van der Waals surface area contributed by atoms with Gasteiger partial charge in [-0.05, 0) is 31.5 Å². The van der Waals surface area contributed by atoms with Crippen LogP contribution in [0, 0.1) is 0 Å². The Morgan fingerprint density at radius 1 is 1.39 bits per heavy atom. The second-order valence-corrected chi connectivity index (χ2v) is 4.72. The average Bonchev–Trinajstić information content (AvgIpc) is 2.45. The molecule has 1 fully saturated rings. The summed E-state index contributed by atoms with van der Waals surface area (Å²) in [5.41, 5.74) is 1.10. The fourth-order valence-electron chi connectivity index (χ4n) is 2.27. The van der Waals surface area contributed by atoms with Crippen LogP contribution in [0.2, 0.25) is 0 Å². The van der Waals surface area contributed by atoms with E-state index in [0.29, 0.717) is 6.04 Å². The zero-order chi connectivity index (χ0) is 12.8. The lowest BCUT2D eigenvalue weighted by Gasteiger charge is -2.32. The van der Waals surface area contributed by atoms with Crippen LogP contribution in [0.25, 0.3) is 0 Å². The average molecular weight is 249 g/mol. The molecule has 1 aromatic heterocycles. The first-order valence-electron chi connectivity index (χ1n) is 6.78. The molecule has 0 saturated carbocycles. The molecule has 1 aliphatic heterocycles. The first kappa shape index (κ1) is 13.3. The van der Waals surface area contributed by atoms with Crippen molar-refractivity contribution < 1.29 is 4.74 Å². The molecule has 0 radical (unpaired) electrons. The Balaban J connectivity index is 2.02. The highest BCUT2D eigenvalue weighted by Crippen LogP contribution is 2.19. The summed E-state index contributed by atoms with van der Waals surface area (Å²) in [4.78, 5) is 7.00. The number of hydrogen-bond donors (Lipinski definition) is 1. The van der Waals surface area contributed by atoms with Gasteiger partial charge in [-0.1, -0.05) is 13.0 Å². The van der Waals surface area contributed by atoms with Gasteiger partial charge in [-0.25, -0.2) is 4.98 Å². The molecule has 4 heteroatoms. The maximum Gasteiger partial charge on any atom is 0.128 e. The number of nitrogens with zero attached hydrogens (tertiary/aromatic N) is 2. The van der Waals surface area contributed by atoms with Gasteiger partial charge in [0.05, 0.1) is 5.69 Å². The molecule has 0 aliphatic carbocycles. The van der Waals surface area contributed by atoms with Crippen molar-refractivity contribution in [3.63, 3.8) is 0 Å². The molecule has 0 unspecified atom stereocenters. The molecule has 1 aliphatic rings. The summed E-state index contributed by atoms with van der Waals surface area (Å²) in [6, 6.07) is 6.81. The van der Waals surface area contributed by atoms with E-state index in [1.54, 1.807) is 0 Å². The second kappa shape index (κ2) is 6.71. The highest BCUT2D eigenvalue weighted by atomic mass is 16.5. The van der Waals surface area contributed by atoms with Crippen LogP contribution < -0.4 is 10.2 Å². The number of pyridine rings is 1. The van der Waals surface area contributed by atoms with Gasteiger partial charge in [-0.15, -0.1) is 0 Å². The smallest absolute Gasteiger partial charge is 0.128 e. The van der Waals surface area contributed by atoms with Crippen LogP contribution in [-0.2, 0) is 11.3 Å². The van der Waals surface area contributed by atoms with Crippen LogP contribution in [0.1, 0.15) is 25.5 Å². The highest BCUT2D eigenvalue weighted by molar-refractivity contribution is 5.39. The van der Waals surface area contributed by atoms with E-state index >= 15 is 0 Å². The van der Waals surface area contributed by atoms with Gasteiger partial charge < -0.3 is 15.0 Å². The lowest BCUT2D eigenvalue weighted by molar-refractivity contribution is 0.0853. The fraction of sp³-hybridized carbons (Fsp3) is 0.643. The molecule has 0 aromatic carbocycles. The van der Waals surface area contributed by atoms with E-state index in [9.17, 15) is 0 Å². The number of aromatic nitrogens is 1. The fourth-order valence-corrected chi connectivity index (χ4v) is 2.27. The maximum absolute atomic E-state index is 5.41. The monoisotopic (exact) mass is 249 g/mol. The number of rotatable bonds is 5. The summed E-state index contributed by atoms with van der Waals surface area (Å²) < 4.78 is 5.41. The van der Waals surface area contributed by atoms with E-state index in [1.165, 1.54) is 0 Å². The number of ether oxygens (including phenoxy) is 1. The van der Waals surface area contributed by atoms with Crippen LogP contribution in [0.3, 0.4) is 0 Å². The molecular weight excluding hydrogens is 226 g/mol. The van der Waals surface area contributed by atoms with Gasteiger partial charge in [0, 0.05) is 32.8 Å². The van der Waals surface area contributed by atoms with E-state index in [-0.39, 0.29) is 0 Å². The van der Waals surface area contributed by atoms with Gasteiger partial charge in [-0.2, -0.15) is 0 Å². The Labute approximate surface area is 109 Å². The van der Waals surface area contributed by atoms with E-state index in [4.69, 9.17) is 9.72 Å². The molecule has 2 rings (SSSR count). The predicted molar refractivity (Wildman–Crippen MR) is 73.9 cm³/mol. The van der Waals surface area contributed by atoms with E-state index < -0.39 is 0 Å². The first-order chi connectivity index (χ1) is 8.81. The van der Waals surface area contributed by atoms with E-state index in [0.717, 1.165) is 50.7 Å². The largest absolute Gasteiger partial charge is 0.381 e. The molecular formula is C14H23N3O. The first-order valence-corrected chi connectivity index (χ1v) is 6.78. The van der Waals surface area contributed by atoms with Crippen LogP contribution in [0.4, 0.5) is 5.82 Å². The summed E-state index contributed by atoms with van der Waals surface area (Å²) >= 11 is 0. The standard InChI is InChI=1S/C14H23N3O/c1-3-15-11-12-5-4-6-14(16-12)17(2)13-7-9-18-10-8-13/h4-6,13,15H,3,7-11H2,1-2H3. The van der Waals surface area contributed by atoms with E-state index in [1.807, 2.05) is 0 Å². The van der Waals surface area contributed by atoms with Gasteiger partial charge in [0.1, 0.15) is 5.82 Å². The summed E-state index contributed by atoms with van der Waals surface area (Å²) in [6.07, 6.45) is 2.19. The third kappa shape index (κ3) is 3.43. The minimum absolute atomic E-state index is 0.556. The van der Waals surface area contributed by atoms with Crippen molar-refractivity contribution in [3.05, 3.63) is 23.9 Å². The Kier molecular flexibility index (Phi) is 4.96. The summed E-state index contributed by atoms with van der Waals surface area (Å²) in [6.45, 7) is 5.66. The minimum Gasteiger partial charge on any atom is -0.381 e. The molecule has 0 amide bonds. The molecule has 1 saturated heterocycles. The zero-order valence-corrected chi connectivity index (χ0v) is 11.4. The van der Waals surface area contributed by atoms with Crippen LogP contribution in [0.15, 0.2) is 18.2 Å². The Morgan fingerprint density at radius 3 is 2.89 bits per heavy atom. The topological polar surface area (TPSA) is 37.4 Å². The van der Waals surface area contributed by atoms with Gasteiger partial charge >= 0.3 is 0 Å². The quantitative estimate of drug-likeness (QED) is 0.863.